The van der Waals surface area contributed by atoms with Crippen molar-refractivity contribution in [2.24, 2.45) is 29.1 Å². The average molecular weight is 332 g/mol. The maximum absolute atomic E-state index is 13.0. The van der Waals surface area contributed by atoms with Gasteiger partial charge in [-0.15, -0.1) is 0 Å². The first-order valence-corrected chi connectivity index (χ1v) is 9.16. The van der Waals surface area contributed by atoms with Crippen LogP contribution in [0, 0.1) is 29.1 Å². The predicted octanol–water partition coefficient (Wildman–Crippen LogP) is 2.25. The standard InChI is InChI=1S/C20H28O4/c1-10(2)13-6-5-11(3)14-8-20-12(4)7-15(24-20)17(22)19(20,9-21)18(23)16(13)14/h5,7,10,13-16,18,21,23H,6,8-9H2,1-4H3/t13-,14+,15-,16-,18-,19+,20+/m1/s1. The number of allylic oxidation sites excluding steroid dienone is 2. The molecule has 0 aromatic heterocycles. The first-order valence-electron chi connectivity index (χ1n) is 9.16. The molecule has 2 heterocycles. The molecule has 0 radical (unpaired) electrons. The van der Waals surface area contributed by atoms with Gasteiger partial charge in [-0.2, -0.15) is 0 Å². The third-order valence-electron chi connectivity index (χ3n) is 7.52. The summed E-state index contributed by atoms with van der Waals surface area (Å²) < 4.78 is 6.16. The molecule has 4 aliphatic rings. The molecular formula is C20H28O4. The highest BCUT2D eigenvalue weighted by Crippen LogP contribution is 2.65. The Morgan fingerprint density at radius 3 is 2.71 bits per heavy atom. The Hall–Kier alpha value is -0.970. The minimum atomic E-state index is -1.19. The van der Waals surface area contributed by atoms with Gasteiger partial charge in [-0.1, -0.05) is 25.5 Å². The smallest absolute Gasteiger partial charge is 0.179 e. The first kappa shape index (κ1) is 16.5. The molecule has 132 valence electrons. The summed E-state index contributed by atoms with van der Waals surface area (Å²) in [5.74, 6) is 0.829. The Morgan fingerprint density at radius 2 is 2.08 bits per heavy atom. The van der Waals surface area contributed by atoms with Crippen molar-refractivity contribution < 1.29 is 19.7 Å². The van der Waals surface area contributed by atoms with Gasteiger partial charge in [-0.05, 0) is 62.0 Å². The van der Waals surface area contributed by atoms with Gasteiger partial charge in [0.2, 0.25) is 0 Å². The van der Waals surface area contributed by atoms with Gasteiger partial charge >= 0.3 is 0 Å². The van der Waals surface area contributed by atoms with Crippen molar-refractivity contribution in [3.05, 3.63) is 23.3 Å². The number of ether oxygens (including phenoxy) is 1. The lowest BCUT2D eigenvalue weighted by Crippen LogP contribution is -2.68. The van der Waals surface area contributed by atoms with E-state index in [1.807, 2.05) is 13.0 Å². The molecular weight excluding hydrogens is 304 g/mol. The number of ketones is 1. The Morgan fingerprint density at radius 1 is 1.38 bits per heavy atom. The minimum absolute atomic E-state index is 0.00692. The van der Waals surface area contributed by atoms with Crippen LogP contribution in [-0.2, 0) is 9.53 Å². The van der Waals surface area contributed by atoms with Crippen LogP contribution in [0.1, 0.15) is 40.5 Å². The summed E-state index contributed by atoms with van der Waals surface area (Å²) in [5, 5.41) is 21.8. The van der Waals surface area contributed by atoms with Crippen LogP contribution >= 0.6 is 0 Å². The zero-order valence-electron chi connectivity index (χ0n) is 15.0. The number of aliphatic hydroxyl groups excluding tert-OH is 2. The third-order valence-corrected chi connectivity index (χ3v) is 7.52. The van der Waals surface area contributed by atoms with Crippen molar-refractivity contribution >= 4 is 5.78 Å². The van der Waals surface area contributed by atoms with Gasteiger partial charge in [0.25, 0.3) is 0 Å². The van der Waals surface area contributed by atoms with Crippen molar-refractivity contribution in [3.8, 4) is 0 Å². The summed E-state index contributed by atoms with van der Waals surface area (Å²) in [6.45, 7) is 8.13. The van der Waals surface area contributed by atoms with Gasteiger partial charge in [0.1, 0.15) is 17.1 Å². The highest BCUT2D eigenvalue weighted by Gasteiger charge is 2.76. The summed E-state index contributed by atoms with van der Waals surface area (Å²) in [6.07, 6.45) is 4.33. The van der Waals surface area contributed by atoms with E-state index in [0.29, 0.717) is 18.3 Å². The lowest BCUT2D eigenvalue weighted by atomic mass is 9.47. The molecule has 1 saturated heterocycles. The SMILES string of the molecule is CC1=CC[C@H](C(C)C)[C@H]2[C@@H](O)[C@]3(CO)C(=O)[C@H]4C=C(C)[C@]3(C[C@@H]12)O4. The lowest BCUT2D eigenvalue weighted by Gasteiger charge is -2.58. The normalized spacial score (nSPS) is 49.8. The number of Topliss-reactive ketones (excluding diaryl/α,β-unsaturated/α-hetero) is 1. The molecule has 2 aliphatic carbocycles. The molecule has 1 spiro atoms. The molecule has 7 atom stereocenters. The molecule has 4 nitrogen and oxygen atoms in total. The highest BCUT2D eigenvalue weighted by molar-refractivity contribution is 5.97. The molecule has 0 unspecified atom stereocenters. The van der Waals surface area contributed by atoms with E-state index in [0.717, 1.165) is 12.0 Å². The second kappa shape index (κ2) is 5.03. The van der Waals surface area contributed by atoms with Crippen molar-refractivity contribution in [1.82, 2.24) is 0 Å². The Kier molecular flexibility index (Phi) is 3.45. The molecule has 2 bridgehead atoms. The Bertz CT molecular complexity index is 648. The van der Waals surface area contributed by atoms with E-state index in [4.69, 9.17) is 4.74 Å². The van der Waals surface area contributed by atoms with Crippen molar-refractivity contribution in [2.45, 2.75) is 58.3 Å². The number of aliphatic hydroxyl groups is 2. The van der Waals surface area contributed by atoms with Gasteiger partial charge in [0.15, 0.2) is 5.78 Å². The lowest BCUT2D eigenvalue weighted by molar-refractivity contribution is -0.190. The third kappa shape index (κ3) is 1.63. The van der Waals surface area contributed by atoms with Gasteiger partial charge in [-0.25, -0.2) is 0 Å². The second-order valence-corrected chi connectivity index (χ2v) is 8.63. The summed E-state index contributed by atoms with van der Waals surface area (Å²) in [6, 6.07) is 0. The molecule has 0 amide bonds. The van der Waals surface area contributed by atoms with Gasteiger partial charge < -0.3 is 14.9 Å². The first-order chi connectivity index (χ1) is 11.3. The van der Waals surface area contributed by atoms with Gasteiger partial charge in [0.05, 0.1) is 12.7 Å². The fourth-order valence-corrected chi connectivity index (χ4v) is 6.16. The average Bonchev–Trinajstić information content (AvgIpc) is 2.98. The topological polar surface area (TPSA) is 66.8 Å². The van der Waals surface area contributed by atoms with E-state index in [9.17, 15) is 15.0 Å². The molecule has 24 heavy (non-hydrogen) atoms. The Balaban J connectivity index is 1.89. The number of hydrogen-bond donors (Lipinski definition) is 2. The van der Waals surface area contributed by atoms with E-state index in [2.05, 4.69) is 26.8 Å². The van der Waals surface area contributed by atoms with Crippen LogP contribution in [-0.4, -0.2) is 40.4 Å². The molecule has 2 fully saturated rings. The summed E-state index contributed by atoms with van der Waals surface area (Å²) >= 11 is 0. The molecule has 2 N–H and O–H groups in total. The zero-order valence-corrected chi connectivity index (χ0v) is 15.0. The minimum Gasteiger partial charge on any atom is -0.395 e. The van der Waals surface area contributed by atoms with Crippen LogP contribution in [0.2, 0.25) is 0 Å². The molecule has 4 heteroatoms. The summed E-state index contributed by atoms with van der Waals surface area (Å²) in [7, 11) is 0. The van der Waals surface area contributed by atoms with E-state index in [1.165, 1.54) is 5.57 Å². The molecule has 0 aromatic carbocycles. The number of fused-ring (bicyclic) bond motifs is 2. The monoisotopic (exact) mass is 332 g/mol. The van der Waals surface area contributed by atoms with Crippen molar-refractivity contribution in [3.63, 3.8) is 0 Å². The van der Waals surface area contributed by atoms with E-state index in [-0.39, 0.29) is 24.2 Å². The zero-order chi connectivity index (χ0) is 17.4. The molecule has 2 aliphatic heterocycles. The highest BCUT2D eigenvalue weighted by atomic mass is 16.5. The van der Waals surface area contributed by atoms with Crippen LogP contribution < -0.4 is 0 Å². The number of carbonyl (C=O) groups excluding carboxylic acids is 1. The van der Waals surface area contributed by atoms with Crippen molar-refractivity contribution in [2.75, 3.05) is 6.61 Å². The predicted molar refractivity (Wildman–Crippen MR) is 90.2 cm³/mol. The molecule has 1 saturated carbocycles. The van der Waals surface area contributed by atoms with Gasteiger partial charge in [0, 0.05) is 0 Å². The molecule has 4 rings (SSSR count). The summed E-state index contributed by atoms with van der Waals surface area (Å²) in [4.78, 5) is 13.0. The molecule has 0 aromatic rings. The Labute approximate surface area is 143 Å². The van der Waals surface area contributed by atoms with Crippen LogP contribution in [0.25, 0.3) is 0 Å². The second-order valence-electron chi connectivity index (χ2n) is 8.63. The van der Waals surface area contributed by atoms with Gasteiger partial charge in [-0.3, -0.25) is 4.79 Å². The number of carbonyl (C=O) groups is 1. The van der Waals surface area contributed by atoms with E-state index in [1.54, 1.807) is 0 Å². The van der Waals surface area contributed by atoms with Crippen LogP contribution in [0.15, 0.2) is 23.3 Å². The quantitative estimate of drug-likeness (QED) is 0.761. The van der Waals surface area contributed by atoms with Crippen LogP contribution in [0.3, 0.4) is 0 Å². The van der Waals surface area contributed by atoms with Crippen molar-refractivity contribution in [1.29, 1.82) is 0 Å². The fourth-order valence-electron chi connectivity index (χ4n) is 6.16. The maximum Gasteiger partial charge on any atom is 0.179 e. The fraction of sp³-hybridized carbons (Fsp3) is 0.750. The number of hydrogen-bond acceptors (Lipinski definition) is 4. The maximum atomic E-state index is 13.0. The van der Waals surface area contributed by atoms with E-state index >= 15 is 0 Å². The largest absolute Gasteiger partial charge is 0.395 e. The summed E-state index contributed by atoms with van der Waals surface area (Å²) in [5.41, 5.74) is 0.259. The van der Waals surface area contributed by atoms with E-state index < -0.39 is 23.2 Å². The van der Waals surface area contributed by atoms with Crippen LogP contribution in [0.5, 0.6) is 0 Å². The van der Waals surface area contributed by atoms with Crippen LogP contribution in [0.4, 0.5) is 0 Å². The number of rotatable bonds is 2.